The van der Waals surface area contributed by atoms with E-state index in [0.29, 0.717) is 23.7 Å². The van der Waals surface area contributed by atoms with Crippen LogP contribution in [0.5, 0.6) is 0 Å². The highest BCUT2D eigenvalue weighted by Crippen LogP contribution is 2.22. The van der Waals surface area contributed by atoms with Crippen molar-refractivity contribution >= 4 is 12.4 Å². The van der Waals surface area contributed by atoms with Gasteiger partial charge in [0.05, 0.1) is 0 Å². The molecule has 1 fully saturated rings. The van der Waals surface area contributed by atoms with Crippen molar-refractivity contribution in [2.24, 2.45) is 0 Å². The molecule has 0 unspecified atom stereocenters. The van der Waals surface area contributed by atoms with Gasteiger partial charge in [-0.25, -0.2) is 0 Å². The van der Waals surface area contributed by atoms with Crippen LogP contribution >= 0.6 is 0 Å². The van der Waals surface area contributed by atoms with Crippen LogP contribution in [0, 0.1) is 13.8 Å². The third-order valence-electron chi connectivity index (χ3n) is 6.02. The molecule has 1 aliphatic rings. The monoisotopic (exact) mass is 427 g/mol. The van der Waals surface area contributed by atoms with Crippen molar-refractivity contribution in [1.29, 1.82) is 0 Å². The van der Waals surface area contributed by atoms with Crippen LogP contribution in [0.3, 0.4) is 0 Å². The lowest BCUT2D eigenvalue weighted by Gasteiger charge is -2.26. The van der Waals surface area contributed by atoms with Gasteiger partial charge in [0, 0.05) is 43.0 Å². The number of likely N-dealkylation sites (N-methyl/N-ethyl adjacent to an activating group) is 2. The largest absolute Gasteiger partial charge is 0.483 e. The molecule has 1 saturated carbocycles. The first-order valence-electron chi connectivity index (χ1n) is 10.6. The second-order valence-electron chi connectivity index (χ2n) is 8.15. The van der Waals surface area contributed by atoms with E-state index in [4.69, 9.17) is 9.90 Å². The number of nitrogens with one attached hydrogen (secondary N) is 1. The summed E-state index contributed by atoms with van der Waals surface area (Å²) in [5.41, 5.74) is 3.92. The zero-order chi connectivity index (χ0) is 23.0. The van der Waals surface area contributed by atoms with E-state index < -0.39 is 0 Å². The summed E-state index contributed by atoms with van der Waals surface area (Å²) < 4.78 is 0. The molecule has 0 radical (unpaired) electrons. The van der Waals surface area contributed by atoms with E-state index in [1.165, 1.54) is 25.7 Å². The Labute approximate surface area is 183 Å². The van der Waals surface area contributed by atoms with E-state index in [1.807, 2.05) is 51.2 Å². The number of H-pyrrole nitrogens is 1. The molecule has 0 saturated heterocycles. The summed E-state index contributed by atoms with van der Waals surface area (Å²) >= 11 is 0. The van der Waals surface area contributed by atoms with Crippen LogP contribution in [0.25, 0.3) is 11.1 Å². The number of hydrogen-bond donors (Lipinski definition) is 2. The number of carboxylic acid groups (broad SMARTS) is 1. The number of amides is 1. The third-order valence-corrected chi connectivity index (χ3v) is 6.02. The number of rotatable bonds is 6. The van der Waals surface area contributed by atoms with Gasteiger partial charge in [0.1, 0.15) is 0 Å². The summed E-state index contributed by atoms with van der Waals surface area (Å²) in [5.74, 6) is 0.0142. The number of pyridine rings is 1. The molecule has 1 heterocycles. The molecule has 3 rings (SSSR count). The molecule has 1 aromatic carbocycles. The molecule has 0 atom stereocenters. The number of carbonyl (C=O) groups is 2. The third kappa shape index (κ3) is 6.52. The first-order chi connectivity index (χ1) is 14.8. The van der Waals surface area contributed by atoms with Crippen molar-refractivity contribution in [2.75, 3.05) is 27.2 Å². The lowest BCUT2D eigenvalue weighted by molar-refractivity contribution is -0.122. The van der Waals surface area contributed by atoms with Gasteiger partial charge in [0.15, 0.2) is 0 Å². The Morgan fingerprint density at radius 2 is 1.71 bits per heavy atom. The number of aromatic amines is 1. The van der Waals surface area contributed by atoms with Crippen molar-refractivity contribution < 1.29 is 14.7 Å². The van der Waals surface area contributed by atoms with Crippen molar-refractivity contribution in [2.45, 2.75) is 45.6 Å². The first-order valence-corrected chi connectivity index (χ1v) is 10.6. The van der Waals surface area contributed by atoms with Crippen LogP contribution in [0.2, 0.25) is 0 Å². The van der Waals surface area contributed by atoms with Gasteiger partial charge in [-0.05, 0) is 63.1 Å². The summed E-state index contributed by atoms with van der Waals surface area (Å²) in [4.78, 5) is 40.4. The molecule has 1 aromatic heterocycles. The Bertz CT molecular complexity index is 931. The topological polar surface area (TPSA) is 93.7 Å². The maximum Gasteiger partial charge on any atom is 0.290 e. The fraction of sp³-hybridized carbons (Fsp3) is 0.458. The molecule has 0 spiro atoms. The SMILES string of the molecule is Cc1cc(-c2ccc(C(=O)N(C)CCN(C)C3CCCC3)cc2)c(=O)[nH]c1C.O=CO. The minimum Gasteiger partial charge on any atom is -0.483 e. The molecule has 0 aliphatic heterocycles. The van der Waals surface area contributed by atoms with Gasteiger partial charge in [-0.2, -0.15) is 0 Å². The smallest absolute Gasteiger partial charge is 0.290 e. The van der Waals surface area contributed by atoms with E-state index in [1.54, 1.807) is 4.90 Å². The van der Waals surface area contributed by atoms with Gasteiger partial charge in [-0.3, -0.25) is 14.4 Å². The molecule has 7 nitrogen and oxygen atoms in total. The highest BCUT2D eigenvalue weighted by molar-refractivity contribution is 5.94. The number of benzene rings is 1. The van der Waals surface area contributed by atoms with Gasteiger partial charge in [0.25, 0.3) is 17.9 Å². The lowest BCUT2D eigenvalue weighted by Crippen LogP contribution is -2.38. The van der Waals surface area contributed by atoms with Gasteiger partial charge in [-0.1, -0.05) is 25.0 Å². The summed E-state index contributed by atoms with van der Waals surface area (Å²) in [6.45, 7) is 5.22. The Balaban J connectivity index is 0.00000107. The maximum absolute atomic E-state index is 12.7. The van der Waals surface area contributed by atoms with Crippen molar-refractivity contribution in [3.8, 4) is 11.1 Å². The van der Waals surface area contributed by atoms with E-state index >= 15 is 0 Å². The average Bonchev–Trinajstić information content (AvgIpc) is 3.29. The average molecular weight is 428 g/mol. The second-order valence-corrected chi connectivity index (χ2v) is 8.15. The number of nitrogens with zero attached hydrogens (tertiary/aromatic N) is 2. The van der Waals surface area contributed by atoms with Crippen LogP contribution in [0.1, 0.15) is 47.3 Å². The highest BCUT2D eigenvalue weighted by Gasteiger charge is 2.20. The molecule has 2 N–H and O–H groups in total. The molecule has 0 bridgehead atoms. The van der Waals surface area contributed by atoms with Crippen LogP contribution in [-0.2, 0) is 4.79 Å². The lowest BCUT2D eigenvalue weighted by atomic mass is 10.0. The normalized spacial score (nSPS) is 13.6. The first kappa shape index (κ1) is 24.3. The van der Waals surface area contributed by atoms with E-state index in [2.05, 4.69) is 16.9 Å². The summed E-state index contributed by atoms with van der Waals surface area (Å²) in [6, 6.07) is 9.89. The highest BCUT2D eigenvalue weighted by atomic mass is 16.3. The van der Waals surface area contributed by atoms with Crippen LogP contribution in [0.4, 0.5) is 0 Å². The molecule has 1 amide bonds. The Morgan fingerprint density at radius 3 is 2.29 bits per heavy atom. The van der Waals surface area contributed by atoms with E-state index in [-0.39, 0.29) is 17.9 Å². The van der Waals surface area contributed by atoms with Gasteiger partial charge in [0.2, 0.25) is 0 Å². The van der Waals surface area contributed by atoms with E-state index in [9.17, 15) is 9.59 Å². The van der Waals surface area contributed by atoms with Crippen molar-refractivity contribution in [3.63, 3.8) is 0 Å². The van der Waals surface area contributed by atoms with Gasteiger partial charge >= 0.3 is 0 Å². The van der Waals surface area contributed by atoms with Crippen LogP contribution in [0.15, 0.2) is 35.1 Å². The zero-order valence-corrected chi connectivity index (χ0v) is 18.9. The van der Waals surface area contributed by atoms with Gasteiger partial charge in [-0.15, -0.1) is 0 Å². The van der Waals surface area contributed by atoms with Gasteiger partial charge < -0.3 is 19.9 Å². The molecule has 7 heteroatoms. The summed E-state index contributed by atoms with van der Waals surface area (Å²) in [5, 5.41) is 6.89. The summed E-state index contributed by atoms with van der Waals surface area (Å²) in [7, 11) is 4.01. The molecular formula is C24H33N3O4. The predicted molar refractivity (Wildman–Crippen MR) is 123 cm³/mol. The Kier molecular flexibility index (Phi) is 9.00. The number of aromatic nitrogens is 1. The molecule has 2 aromatic rings. The number of carbonyl (C=O) groups excluding carboxylic acids is 1. The predicted octanol–water partition coefficient (Wildman–Crippen LogP) is 3.31. The van der Waals surface area contributed by atoms with Crippen LogP contribution < -0.4 is 5.56 Å². The minimum absolute atomic E-state index is 0.0142. The fourth-order valence-electron chi connectivity index (χ4n) is 3.89. The maximum atomic E-state index is 12.7. The quantitative estimate of drug-likeness (QED) is 0.690. The van der Waals surface area contributed by atoms with Crippen molar-refractivity contribution in [1.82, 2.24) is 14.8 Å². The van der Waals surface area contributed by atoms with Crippen LogP contribution in [-0.4, -0.2) is 65.5 Å². The molecule has 168 valence electrons. The molecule has 1 aliphatic carbocycles. The molecular weight excluding hydrogens is 394 g/mol. The fourth-order valence-corrected chi connectivity index (χ4v) is 3.89. The minimum atomic E-state index is -0.250. The Morgan fingerprint density at radius 1 is 1.13 bits per heavy atom. The van der Waals surface area contributed by atoms with Crippen molar-refractivity contribution in [3.05, 3.63) is 57.5 Å². The summed E-state index contributed by atoms with van der Waals surface area (Å²) in [6.07, 6.45) is 5.18. The molecule has 31 heavy (non-hydrogen) atoms. The number of hydrogen-bond acceptors (Lipinski definition) is 4. The zero-order valence-electron chi connectivity index (χ0n) is 18.9. The standard InChI is InChI=1S/C23H31N3O2.CH2O2/c1-16-15-21(22(27)24-17(16)2)18-9-11-19(12-10-18)23(28)26(4)14-13-25(3)20-7-5-6-8-20;2-1-3/h9-12,15,20H,5-8,13-14H2,1-4H3,(H,24,27);1H,(H,2,3). The second kappa shape index (κ2) is 11.5. The Hall–Kier alpha value is -2.93. The number of aryl methyl sites for hydroxylation is 2. The van der Waals surface area contributed by atoms with E-state index in [0.717, 1.165) is 23.4 Å².